The fourth-order valence-corrected chi connectivity index (χ4v) is 2.80. The molecule has 2 aromatic carbocycles. The zero-order valence-corrected chi connectivity index (χ0v) is 15.8. The Kier molecular flexibility index (Phi) is 7.04. The fourth-order valence-electron chi connectivity index (χ4n) is 2.58. The van der Waals surface area contributed by atoms with E-state index in [-0.39, 0.29) is 18.4 Å². The van der Waals surface area contributed by atoms with Gasteiger partial charge < -0.3 is 14.4 Å². The molecule has 1 unspecified atom stereocenters. The van der Waals surface area contributed by atoms with Gasteiger partial charge >= 0.3 is 5.97 Å². The Morgan fingerprint density at radius 1 is 1.08 bits per heavy atom. The lowest BCUT2D eigenvalue weighted by Crippen LogP contribution is -2.37. The van der Waals surface area contributed by atoms with Gasteiger partial charge in [-0.15, -0.1) is 0 Å². The number of ether oxygens (including phenoxy) is 2. The van der Waals surface area contributed by atoms with Crippen LogP contribution in [0.1, 0.15) is 22.8 Å². The second kappa shape index (κ2) is 9.25. The normalized spacial score (nSPS) is 11.5. The third kappa shape index (κ3) is 4.99. The molecule has 2 rings (SSSR count). The molecule has 1 atom stereocenters. The number of rotatable bonds is 7. The number of carbonyl (C=O) groups is 2. The first-order valence-electron chi connectivity index (χ1n) is 8.20. The molecule has 0 fully saturated rings. The van der Waals surface area contributed by atoms with Gasteiger partial charge in [-0.2, -0.15) is 0 Å². The lowest BCUT2D eigenvalue weighted by Gasteiger charge is -2.26. The molecule has 0 saturated carbocycles. The van der Waals surface area contributed by atoms with Crippen molar-refractivity contribution < 1.29 is 19.1 Å². The average molecular weight is 376 g/mol. The Morgan fingerprint density at radius 2 is 1.73 bits per heavy atom. The molecule has 1 amide bonds. The van der Waals surface area contributed by atoms with Crippen LogP contribution in [0.2, 0.25) is 5.02 Å². The van der Waals surface area contributed by atoms with E-state index in [2.05, 4.69) is 0 Å². The third-order valence-corrected chi connectivity index (χ3v) is 4.35. The number of nitrogens with zero attached hydrogens (tertiary/aromatic N) is 1. The zero-order valence-electron chi connectivity index (χ0n) is 15.1. The van der Waals surface area contributed by atoms with Crippen molar-refractivity contribution >= 4 is 23.5 Å². The highest BCUT2D eigenvalue weighted by atomic mass is 35.5. The number of methoxy groups -OCH3 is 2. The molecular weight excluding hydrogens is 354 g/mol. The summed E-state index contributed by atoms with van der Waals surface area (Å²) in [5.74, 6) is -0.316. The van der Waals surface area contributed by atoms with Gasteiger partial charge in [-0.05, 0) is 29.8 Å². The standard InChI is InChI=1S/C20H22ClNO4/c1-14(20(24)26-3)12-22(13-15-8-10-16(25-2)11-9-15)19(23)17-6-4-5-7-18(17)21/h4-11,14H,12-13H2,1-3H3. The molecule has 2 aromatic rings. The minimum Gasteiger partial charge on any atom is -0.497 e. The van der Waals surface area contributed by atoms with Crippen LogP contribution in [-0.4, -0.2) is 37.5 Å². The van der Waals surface area contributed by atoms with Crippen molar-refractivity contribution in [2.75, 3.05) is 20.8 Å². The van der Waals surface area contributed by atoms with Crippen LogP contribution in [0.3, 0.4) is 0 Å². The second-order valence-corrected chi connectivity index (χ2v) is 6.35. The number of halogens is 1. The highest BCUT2D eigenvalue weighted by Gasteiger charge is 2.24. The summed E-state index contributed by atoms with van der Waals surface area (Å²) in [5.41, 5.74) is 1.32. The molecular formula is C20H22ClNO4. The van der Waals surface area contributed by atoms with E-state index in [1.165, 1.54) is 7.11 Å². The van der Waals surface area contributed by atoms with Crippen LogP contribution < -0.4 is 4.74 Å². The topological polar surface area (TPSA) is 55.8 Å². The first kappa shape index (κ1) is 19.8. The maximum atomic E-state index is 13.0. The van der Waals surface area contributed by atoms with Gasteiger partial charge in [-0.3, -0.25) is 9.59 Å². The van der Waals surface area contributed by atoms with Crippen molar-refractivity contribution in [1.29, 1.82) is 0 Å². The Morgan fingerprint density at radius 3 is 2.31 bits per heavy atom. The summed E-state index contributed by atoms with van der Waals surface area (Å²) < 4.78 is 9.94. The summed E-state index contributed by atoms with van der Waals surface area (Å²) in [4.78, 5) is 26.4. The highest BCUT2D eigenvalue weighted by Crippen LogP contribution is 2.20. The van der Waals surface area contributed by atoms with Crippen LogP contribution in [0.15, 0.2) is 48.5 Å². The smallest absolute Gasteiger partial charge is 0.310 e. The molecule has 0 aliphatic carbocycles. The summed E-state index contributed by atoms with van der Waals surface area (Å²) in [7, 11) is 2.93. The summed E-state index contributed by atoms with van der Waals surface area (Å²) in [6.45, 7) is 2.30. The van der Waals surface area contributed by atoms with Crippen molar-refractivity contribution in [2.24, 2.45) is 5.92 Å². The van der Waals surface area contributed by atoms with Crippen LogP contribution in [0, 0.1) is 5.92 Å². The molecule has 0 bridgehead atoms. The van der Waals surface area contributed by atoms with Gasteiger partial charge in [0.05, 0.1) is 30.7 Å². The number of carbonyl (C=O) groups excluding carboxylic acids is 2. The molecule has 6 heteroatoms. The number of hydrogen-bond donors (Lipinski definition) is 0. The number of amides is 1. The summed E-state index contributed by atoms with van der Waals surface area (Å²) in [6.07, 6.45) is 0. The Balaban J connectivity index is 2.26. The largest absolute Gasteiger partial charge is 0.497 e. The molecule has 0 aromatic heterocycles. The van der Waals surface area contributed by atoms with E-state index in [0.29, 0.717) is 17.1 Å². The molecule has 0 aliphatic heterocycles. The van der Waals surface area contributed by atoms with Crippen LogP contribution in [0.4, 0.5) is 0 Å². The number of hydrogen-bond acceptors (Lipinski definition) is 4. The van der Waals surface area contributed by atoms with E-state index in [4.69, 9.17) is 21.1 Å². The first-order valence-corrected chi connectivity index (χ1v) is 8.58. The van der Waals surface area contributed by atoms with E-state index in [0.717, 1.165) is 11.3 Å². The summed E-state index contributed by atoms with van der Waals surface area (Å²) >= 11 is 6.18. The maximum Gasteiger partial charge on any atom is 0.310 e. The maximum absolute atomic E-state index is 13.0. The second-order valence-electron chi connectivity index (χ2n) is 5.94. The van der Waals surface area contributed by atoms with Gasteiger partial charge in [-0.1, -0.05) is 42.8 Å². The molecule has 0 aliphatic rings. The van der Waals surface area contributed by atoms with Crippen LogP contribution in [0.5, 0.6) is 5.75 Å². The monoisotopic (exact) mass is 375 g/mol. The van der Waals surface area contributed by atoms with E-state index in [9.17, 15) is 9.59 Å². The van der Waals surface area contributed by atoms with Gasteiger partial charge in [-0.25, -0.2) is 0 Å². The summed E-state index contributed by atoms with van der Waals surface area (Å²) in [5, 5.41) is 0.378. The van der Waals surface area contributed by atoms with Crippen LogP contribution in [-0.2, 0) is 16.1 Å². The zero-order chi connectivity index (χ0) is 19.1. The van der Waals surface area contributed by atoms with Crippen molar-refractivity contribution in [3.63, 3.8) is 0 Å². The Bertz CT molecular complexity index is 761. The molecule has 0 heterocycles. The predicted molar refractivity (Wildman–Crippen MR) is 100 cm³/mol. The lowest BCUT2D eigenvalue weighted by atomic mass is 10.1. The summed E-state index contributed by atoms with van der Waals surface area (Å²) in [6, 6.07) is 14.3. The quantitative estimate of drug-likeness (QED) is 0.691. The van der Waals surface area contributed by atoms with E-state index >= 15 is 0 Å². The van der Waals surface area contributed by atoms with Crippen LogP contribution >= 0.6 is 11.6 Å². The third-order valence-electron chi connectivity index (χ3n) is 4.02. The minimum atomic E-state index is -0.454. The lowest BCUT2D eigenvalue weighted by molar-refractivity contribution is -0.145. The van der Waals surface area contributed by atoms with E-state index in [1.54, 1.807) is 43.2 Å². The molecule has 5 nitrogen and oxygen atoms in total. The van der Waals surface area contributed by atoms with Gasteiger partial charge in [0.2, 0.25) is 0 Å². The van der Waals surface area contributed by atoms with E-state index in [1.807, 2.05) is 24.3 Å². The molecule has 26 heavy (non-hydrogen) atoms. The molecule has 0 N–H and O–H groups in total. The van der Waals surface area contributed by atoms with E-state index < -0.39 is 5.92 Å². The first-order chi connectivity index (χ1) is 12.5. The van der Waals surface area contributed by atoms with Gasteiger partial charge in [0.1, 0.15) is 5.75 Å². The van der Waals surface area contributed by atoms with Gasteiger partial charge in [0, 0.05) is 13.1 Å². The molecule has 0 spiro atoms. The van der Waals surface area contributed by atoms with Gasteiger partial charge in [0.15, 0.2) is 0 Å². The fraction of sp³-hybridized carbons (Fsp3) is 0.300. The predicted octanol–water partition coefficient (Wildman–Crippen LogP) is 3.80. The molecule has 0 saturated heterocycles. The van der Waals surface area contributed by atoms with Crippen molar-refractivity contribution in [1.82, 2.24) is 4.90 Å². The number of esters is 1. The molecule has 0 radical (unpaired) electrons. The minimum absolute atomic E-state index is 0.225. The highest BCUT2D eigenvalue weighted by molar-refractivity contribution is 6.33. The van der Waals surface area contributed by atoms with Crippen molar-refractivity contribution in [2.45, 2.75) is 13.5 Å². The SMILES string of the molecule is COC(=O)C(C)CN(Cc1ccc(OC)cc1)C(=O)c1ccccc1Cl. The van der Waals surface area contributed by atoms with Crippen molar-refractivity contribution in [3.05, 3.63) is 64.7 Å². The average Bonchev–Trinajstić information content (AvgIpc) is 2.67. The Hall–Kier alpha value is -2.53. The molecule has 138 valence electrons. The number of benzene rings is 2. The van der Waals surface area contributed by atoms with Crippen LogP contribution in [0.25, 0.3) is 0 Å². The Labute approximate surface area is 158 Å². The van der Waals surface area contributed by atoms with Gasteiger partial charge in [0.25, 0.3) is 5.91 Å². The van der Waals surface area contributed by atoms with Crippen molar-refractivity contribution in [3.8, 4) is 5.75 Å².